The van der Waals surface area contributed by atoms with E-state index in [2.05, 4.69) is 45.6 Å². The Labute approximate surface area is 259 Å². The van der Waals surface area contributed by atoms with Crippen LogP contribution in [-0.2, 0) is 11.2 Å². The molecule has 0 saturated heterocycles. The van der Waals surface area contributed by atoms with Gasteiger partial charge in [0, 0.05) is 17.8 Å². The van der Waals surface area contributed by atoms with Crippen LogP contribution in [0.3, 0.4) is 0 Å². The first-order chi connectivity index (χ1) is 20.4. The molecule has 8 nitrogen and oxygen atoms in total. The average molecular weight is 649 g/mol. The summed E-state index contributed by atoms with van der Waals surface area (Å²) in [6.07, 6.45) is 0.764. The standard InChI is InChI=1S/C32H34BrN5O3S/c1-5-40-26-19-23(18-25(33)29(26)41-16-15-22-12-8-7-9-13-22)28-27(30(39)35-24-14-10-11-20(3)17-24)21(4)34-31-36-32(42-6-2)37-38(28)31/h7-14,17-19,28H,5-6,15-16H2,1-4H3,(H,35,39)(H,34,36,37). The molecule has 1 aliphatic rings. The normalized spacial score (nSPS) is 14.3. The van der Waals surface area contributed by atoms with E-state index < -0.39 is 6.04 Å². The Hall–Kier alpha value is -3.76. The average Bonchev–Trinajstić information content (AvgIpc) is 3.36. The quantitative estimate of drug-likeness (QED) is 0.164. The van der Waals surface area contributed by atoms with Crippen molar-refractivity contribution in [1.82, 2.24) is 14.8 Å². The monoisotopic (exact) mass is 647 g/mol. The SMILES string of the molecule is CCOc1cc(C2C(C(=O)Nc3cccc(C)c3)=C(C)Nc3nc(SCC)nn32)cc(Br)c1OCCc1ccccc1. The van der Waals surface area contributed by atoms with Crippen LogP contribution in [0, 0.1) is 6.92 Å². The second-order valence-corrected chi connectivity index (χ2v) is 11.9. The summed E-state index contributed by atoms with van der Waals surface area (Å²) in [7, 11) is 0. The molecule has 1 amide bonds. The van der Waals surface area contributed by atoms with Gasteiger partial charge >= 0.3 is 0 Å². The predicted molar refractivity (Wildman–Crippen MR) is 172 cm³/mol. The number of rotatable bonds is 11. The zero-order valence-electron chi connectivity index (χ0n) is 24.1. The van der Waals surface area contributed by atoms with Gasteiger partial charge in [-0.05, 0) is 83.4 Å². The second-order valence-electron chi connectivity index (χ2n) is 9.83. The predicted octanol–water partition coefficient (Wildman–Crippen LogP) is 7.41. The molecule has 1 aliphatic heterocycles. The lowest BCUT2D eigenvalue weighted by Crippen LogP contribution is -2.31. The molecule has 1 unspecified atom stereocenters. The molecule has 5 rings (SSSR count). The summed E-state index contributed by atoms with van der Waals surface area (Å²) >= 11 is 5.29. The van der Waals surface area contributed by atoms with E-state index in [1.807, 2.05) is 75.4 Å². The number of ether oxygens (including phenoxy) is 2. The van der Waals surface area contributed by atoms with Gasteiger partial charge in [0.2, 0.25) is 11.1 Å². The largest absolute Gasteiger partial charge is 0.490 e. The lowest BCUT2D eigenvalue weighted by Gasteiger charge is -2.29. The first kappa shape index (κ1) is 29.7. The fourth-order valence-electron chi connectivity index (χ4n) is 4.91. The molecule has 1 aromatic heterocycles. The van der Waals surface area contributed by atoms with Gasteiger partial charge in [0.1, 0.15) is 6.04 Å². The molecule has 0 bridgehead atoms. The Morgan fingerprint density at radius 2 is 1.88 bits per heavy atom. The molecule has 2 heterocycles. The van der Waals surface area contributed by atoms with Crippen LogP contribution in [0.4, 0.5) is 11.6 Å². The van der Waals surface area contributed by atoms with Crippen molar-refractivity contribution in [3.63, 3.8) is 0 Å². The molecule has 4 aromatic rings. The van der Waals surface area contributed by atoms with Crippen LogP contribution in [-0.4, -0.2) is 39.6 Å². The van der Waals surface area contributed by atoms with Crippen LogP contribution in [0.25, 0.3) is 0 Å². The summed E-state index contributed by atoms with van der Waals surface area (Å²) in [6.45, 7) is 8.83. The molecule has 3 aromatic carbocycles. The summed E-state index contributed by atoms with van der Waals surface area (Å²) in [5.41, 5.74) is 5.04. The molecular formula is C32H34BrN5O3S. The highest BCUT2D eigenvalue weighted by molar-refractivity contribution is 9.10. The number of anilines is 2. The van der Waals surface area contributed by atoms with Crippen molar-refractivity contribution in [1.29, 1.82) is 0 Å². The topological polar surface area (TPSA) is 90.3 Å². The Morgan fingerprint density at radius 1 is 1.07 bits per heavy atom. The van der Waals surface area contributed by atoms with Crippen LogP contribution in [0.1, 0.15) is 43.5 Å². The van der Waals surface area contributed by atoms with Gasteiger partial charge in [0.25, 0.3) is 5.91 Å². The van der Waals surface area contributed by atoms with Gasteiger partial charge in [-0.25, -0.2) is 4.68 Å². The van der Waals surface area contributed by atoms with Crippen LogP contribution in [0.2, 0.25) is 0 Å². The van der Waals surface area contributed by atoms with Crippen LogP contribution in [0.15, 0.2) is 87.6 Å². The summed E-state index contributed by atoms with van der Waals surface area (Å²) in [6, 6.07) is 21.3. The van der Waals surface area contributed by atoms with Gasteiger partial charge in [-0.2, -0.15) is 4.98 Å². The van der Waals surface area contributed by atoms with Crippen molar-refractivity contribution in [2.24, 2.45) is 0 Å². The number of halogens is 1. The smallest absolute Gasteiger partial charge is 0.255 e. The zero-order valence-corrected chi connectivity index (χ0v) is 26.5. The molecule has 42 heavy (non-hydrogen) atoms. The number of nitrogens with one attached hydrogen (secondary N) is 2. The number of hydrogen-bond acceptors (Lipinski definition) is 7. The van der Waals surface area contributed by atoms with Crippen molar-refractivity contribution < 1.29 is 14.3 Å². The zero-order chi connectivity index (χ0) is 29.6. The fourth-order valence-corrected chi connectivity index (χ4v) is 6.04. The van der Waals surface area contributed by atoms with Gasteiger partial charge in [-0.3, -0.25) is 4.79 Å². The molecular weight excluding hydrogens is 614 g/mol. The van der Waals surface area contributed by atoms with Crippen LogP contribution >= 0.6 is 27.7 Å². The van der Waals surface area contributed by atoms with E-state index in [0.717, 1.165) is 33.5 Å². The molecule has 0 aliphatic carbocycles. The molecule has 0 spiro atoms. The van der Waals surface area contributed by atoms with Gasteiger partial charge in [-0.15, -0.1) is 5.10 Å². The summed E-state index contributed by atoms with van der Waals surface area (Å²) in [4.78, 5) is 18.6. The second kappa shape index (κ2) is 13.5. The van der Waals surface area contributed by atoms with E-state index in [0.29, 0.717) is 47.1 Å². The number of aromatic nitrogens is 3. The number of fused-ring (bicyclic) bond motifs is 1. The van der Waals surface area contributed by atoms with E-state index >= 15 is 0 Å². The summed E-state index contributed by atoms with van der Waals surface area (Å²) in [5.74, 6) is 2.40. The van der Waals surface area contributed by atoms with Gasteiger partial charge in [0.15, 0.2) is 11.5 Å². The van der Waals surface area contributed by atoms with Gasteiger partial charge in [0.05, 0.1) is 23.3 Å². The minimum atomic E-state index is -0.557. The highest BCUT2D eigenvalue weighted by Gasteiger charge is 2.35. The molecule has 0 fully saturated rings. The molecule has 218 valence electrons. The van der Waals surface area contributed by atoms with E-state index in [1.165, 1.54) is 5.56 Å². The molecule has 2 N–H and O–H groups in total. The van der Waals surface area contributed by atoms with Crippen LogP contribution < -0.4 is 20.1 Å². The first-order valence-electron chi connectivity index (χ1n) is 14.0. The molecule has 0 saturated carbocycles. The highest BCUT2D eigenvalue weighted by atomic mass is 79.9. The number of carbonyl (C=O) groups excluding carboxylic acids is 1. The summed E-state index contributed by atoms with van der Waals surface area (Å²) < 4.78 is 14.8. The van der Waals surface area contributed by atoms with E-state index in [4.69, 9.17) is 19.6 Å². The number of nitrogens with zero attached hydrogens (tertiary/aromatic N) is 3. The number of aryl methyl sites for hydroxylation is 1. The molecule has 10 heteroatoms. The van der Waals surface area contributed by atoms with Crippen molar-refractivity contribution in [2.75, 3.05) is 29.6 Å². The maximum absolute atomic E-state index is 13.9. The number of hydrogen-bond donors (Lipinski definition) is 2. The Balaban J connectivity index is 1.53. The number of thioether (sulfide) groups is 1. The van der Waals surface area contributed by atoms with Gasteiger partial charge < -0.3 is 20.1 Å². The minimum Gasteiger partial charge on any atom is -0.490 e. The lowest BCUT2D eigenvalue weighted by molar-refractivity contribution is -0.113. The Morgan fingerprint density at radius 3 is 2.62 bits per heavy atom. The maximum Gasteiger partial charge on any atom is 0.255 e. The highest BCUT2D eigenvalue weighted by Crippen LogP contribution is 2.43. The van der Waals surface area contributed by atoms with Crippen molar-refractivity contribution >= 4 is 45.2 Å². The first-order valence-corrected chi connectivity index (χ1v) is 15.7. The van der Waals surface area contributed by atoms with Crippen LogP contribution in [0.5, 0.6) is 11.5 Å². The van der Waals surface area contributed by atoms with Crippen molar-refractivity contribution in [3.8, 4) is 11.5 Å². The van der Waals surface area contributed by atoms with E-state index in [1.54, 1.807) is 16.4 Å². The Kier molecular flexibility index (Phi) is 9.54. The number of carbonyl (C=O) groups is 1. The van der Waals surface area contributed by atoms with Crippen molar-refractivity contribution in [2.45, 2.75) is 45.3 Å². The molecule has 1 atom stereocenters. The third-order valence-corrected chi connectivity index (χ3v) is 8.06. The van der Waals surface area contributed by atoms with E-state index in [-0.39, 0.29) is 5.91 Å². The van der Waals surface area contributed by atoms with Crippen molar-refractivity contribution in [3.05, 3.63) is 99.2 Å². The number of amides is 1. The minimum absolute atomic E-state index is 0.223. The van der Waals surface area contributed by atoms with Gasteiger partial charge in [-0.1, -0.05) is 61.2 Å². The molecule has 0 radical (unpaired) electrons. The maximum atomic E-state index is 13.9. The third-order valence-electron chi connectivity index (χ3n) is 6.75. The summed E-state index contributed by atoms with van der Waals surface area (Å²) in [5, 5.41) is 11.8. The number of allylic oxidation sites excluding steroid dienone is 1. The fraction of sp³-hybridized carbons (Fsp3) is 0.281. The number of benzene rings is 3. The third kappa shape index (κ3) is 6.65. The lowest BCUT2D eigenvalue weighted by atomic mass is 9.94. The Bertz CT molecular complexity index is 1610. The van der Waals surface area contributed by atoms with E-state index in [9.17, 15) is 4.79 Å².